The van der Waals surface area contributed by atoms with Crippen LogP contribution in [0, 0.1) is 17.7 Å². The first-order valence-electron chi connectivity index (χ1n) is 8.74. The van der Waals surface area contributed by atoms with Gasteiger partial charge in [-0.25, -0.2) is 4.39 Å². The van der Waals surface area contributed by atoms with E-state index in [1.54, 1.807) is 12.1 Å². The number of nitrogens with one attached hydrogen (secondary N) is 1. The monoisotopic (exact) mass is 291 g/mol. The second-order valence-electron chi connectivity index (χ2n) is 6.48. The molecule has 1 aromatic carbocycles. The van der Waals surface area contributed by atoms with Gasteiger partial charge in [-0.3, -0.25) is 0 Å². The minimum Gasteiger partial charge on any atom is -0.310 e. The maximum Gasteiger partial charge on any atom is 0.127 e. The van der Waals surface area contributed by atoms with E-state index in [-0.39, 0.29) is 11.9 Å². The largest absolute Gasteiger partial charge is 0.310 e. The fourth-order valence-corrected chi connectivity index (χ4v) is 3.78. The fourth-order valence-electron chi connectivity index (χ4n) is 3.78. The number of rotatable bonds is 7. The van der Waals surface area contributed by atoms with Crippen LogP contribution in [-0.2, 0) is 0 Å². The standard InChI is InChI=1S/C19H30FN/c1-3-5-8-15-11-13-16(14-12-15)19(21-4-2)17-9-6-7-10-18(17)20/h6-7,9-10,15-16,19,21H,3-5,8,11-14H2,1-2H3. The molecule has 0 aromatic heterocycles. The molecule has 1 unspecified atom stereocenters. The van der Waals surface area contributed by atoms with E-state index in [4.69, 9.17) is 0 Å². The lowest BCUT2D eigenvalue weighted by atomic mass is 9.75. The Labute approximate surface area is 129 Å². The predicted octanol–water partition coefficient (Wildman–Crippen LogP) is 5.47. The predicted molar refractivity (Wildman–Crippen MR) is 87.8 cm³/mol. The van der Waals surface area contributed by atoms with Crippen LogP contribution in [0.3, 0.4) is 0 Å². The van der Waals surface area contributed by atoms with E-state index < -0.39 is 0 Å². The maximum atomic E-state index is 14.1. The zero-order valence-electron chi connectivity index (χ0n) is 13.6. The van der Waals surface area contributed by atoms with Crippen molar-refractivity contribution in [2.75, 3.05) is 6.54 Å². The average Bonchev–Trinajstić information content (AvgIpc) is 2.52. The first-order chi connectivity index (χ1) is 10.3. The molecule has 2 rings (SSSR count). The van der Waals surface area contributed by atoms with Crippen LogP contribution in [0.5, 0.6) is 0 Å². The van der Waals surface area contributed by atoms with E-state index in [0.29, 0.717) is 5.92 Å². The van der Waals surface area contributed by atoms with Crippen LogP contribution in [0.15, 0.2) is 24.3 Å². The summed E-state index contributed by atoms with van der Waals surface area (Å²) in [5.74, 6) is 1.43. The highest BCUT2D eigenvalue weighted by molar-refractivity contribution is 5.22. The van der Waals surface area contributed by atoms with Gasteiger partial charge in [-0.1, -0.05) is 64.2 Å². The molecule has 1 saturated carbocycles. The maximum absolute atomic E-state index is 14.1. The van der Waals surface area contributed by atoms with Crippen molar-refractivity contribution in [3.63, 3.8) is 0 Å². The number of hydrogen-bond acceptors (Lipinski definition) is 1. The molecule has 1 aromatic rings. The molecule has 1 nitrogen and oxygen atoms in total. The van der Waals surface area contributed by atoms with E-state index in [1.165, 1.54) is 44.9 Å². The van der Waals surface area contributed by atoms with Crippen LogP contribution in [-0.4, -0.2) is 6.54 Å². The summed E-state index contributed by atoms with van der Waals surface area (Å²) in [4.78, 5) is 0. The van der Waals surface area contributed by atoms with Crippen molar-refractivity contribution in [1.29, 1.82) is 0 Å². The lowest BCUT2D eigenvalue weighted by Gasteiger charge is -2.34. The highest BCUT2D eigenvalue weighted by Crippen LogP contribution is 2.39. The minimum atomic E-state index is -0.0587. The molecule has 1 aliphatic carbocycles. The summed E-state index contributed by atoms with van der Waals surface area (Å²) in [5, 5.41) is 3.53. The Hall–Kier alpha value is -0.890. The molecule has 1 atom stereocenters. The third kappa shape index (κ3) is 4.54. The Morgan fingerprint density at radius 1 is 1.14 bits per heavy atom. The quantitative estimate of drug-likeness (QED) is 0.702. The molecule has 0 saturated heterocycles. The Balaban J connectivity index is 1.99. The van der Waals surface area contributed by atoms with Gasteiger partial charge in [0.2, 0.25) is 0 Å². The van der Waals surface area contributed by atoms with Crippen LogP contribution in [0.25, 0.3) is 0 Å². The summed E-state index contributed by atoms with van der Waals surface area (Å²) in [6, 6.07) is 7.46. The molecule has 118 valence electrons. The molecule has 1 fully saturated rings. The van der Waals surface area contributed by atoms with Crippen LogP contribution in [0.4, 0.5) is 4.39 Å². The van der Waals surface area contributed by atoms with Gasteiger partial charge in [0.25, 0.3) is 0 Å². The second kappa shape index (κ2) is 8.53. The van der Waals surface area contributed by atoms with E-state index >= 15 is 0 Å². The van der Waals surface area contributed by atoms with Crippen LogP contribution < -0.4 is 5.32 Å². The topological polar surface area (TPSA) is 12.0 Å². The van der Waals surface area contributed by atoms with Gasteiger partial charge in [0.05, 0.1) is 0 Å². The Bertz CT molecular complexity index is 410. The van der Waals surface area contributed by atoms with Gasteiger partial charge in [-0.15, -0.1) is 0 Å². The SMILES string of the molecule is CCCCC1CCC(C(NCC)c2ccccc2F)CC1. The highest BCUT2D eigenvalue weighted by atomic mass is 19.1. The first kappa shape index (κ1) is 16.5. The summed E-state index contributed by atoms with van der Waals surface area (Å²) < 4.78 is 14.1. The molecule has 0 amide bonds. The third-order valence-electron chi connectivity index (χ3n) is 4.99. The summed E-state index contributed by atoms with van der Waals surface area (Å²) in [6.07, 6.45) is 9.16. The molecule has 0 aliphatic heterocycles. The van der Waals surface area contributed by atoms with E-state index in [0.717, 1.165) is 18.0 Å². The van der Waals surface area contributed by atoms with Crippen LogP contribution in [0.2, 0.25) is 0 Å². The van der Waals surface area contributed by atoms with Crippen molar-refractivity contribution in [3.05, 3.63) is 35.6 Å². The van der Waals surface area contributed by atoms with Gasteiger partial charge in [0.1, 0.15) is 5.82 Å². The zero-order chi connectivity index (χ0) is 15.1. The van der Waals surface area contributed by atoms with Gasteiger partial charge in [-0.05, 0) is 37.3 Å². The molecule has 21 heavy (non-hydrogen) atoms. The normalized spacial score (nSPS) is 24.0. The van der Waals surface area contributed by atoms with Gasteiger partial charge in [-0.2, -0.15) is 0 Å². The molecule has 1 aliphatic rings. The lowest BCUT2D eigenvalue weighted by molar-refractivity contribution is 0.212. The van der Waals surface area contributed by atoms with Crippen LogP contribution >= 0.6 is 0 Å². The zero-order valence-corrected chi connectivity index (χ0v) is 13.6. The smallest absolute Gasteiger partial charge is 0.127 e. The molecule has 2 heteroatoms. The Morgan fingerprint density at radius 2 is 1.86 bits per heavy atom. The molecular formula is C19H30FN. The number of unbranched alkanes of at least 4 members (excludes halogenated alkanes) is 1. The Kier molecular flexibility index (Phi) is 6.69. The van der Waals surface area contributed by atoms with Gasteiger partial charge in [0, 0.05) is 11.6 Å². The second-order valence-corrected chi connectivity index (χ2v) is 6.48. The summed E-state index contributed by atoms with van der Waals surface area (Å²) >= 11 is 0. The minimum absolute atomic E-state index is 0.0587. The average molecular weight is 291 g/mol. The van der Waals surface area contributed by atoms with Crippen molar-refractivity contribution < 1.29 is 4.39 Å². The molecule has 0 radical (unpaired) electrons. The molecule has 0 spiro atoms. The first-order valence-corrected chi connectivity index (χ1v) is 8.74. The highest BCUT2D eigenvalue weighted by Gasteiger charge is 2.29. The van der Waals surface area contributed by atoms with Gasteiger partial charge >= 0.3 is 0 Å². The third-order valence-corrected chi connectivity index (χ3v) is 4.99. The number of halogens is 1. The molecule has 0 heterocycles. The Morgan fingerprint density at radius 3 is 2.48 bits per heavy atom. The van der Waals surface area contributed by atoms with E-state index in [9.17, 15) is 4.39 Å². The number of benzene rings is 1. The van der Waals surface area contributed by atoms with Gasteiger partial charge in [0.15, 0.2) is 0 Å². The van der Waals surface area contributed by atoms with Crippen molar-refractivity contribution in [3.8, 4) is 0 Å². The molecular weight excluding hydrogens is 261 g/mol. The van der Waals surface area contributed by atoms with Crippen LogP contribution in [0.1, 0.15) is 70.4 Å². The summed E-state index contributed by atoms with van der Waals surface area (Å²) in [7, 11) is 0. The number of hydrogen-bond donors (Lipinski definition) is 1. The van der Waals surface area contributed by atoms with E-state index in [1.807, 2.05) is 12.1 Å². The summed E-state index contributed by atoms with van der Waals surface area (Å²) in [5.41, 5.74) is 0.858. The van der Waals surface area contributed by atoms with Crippen molar-refractivity contribution in [2.24, 2.45) is 11.8 Å². The van der Waals surface area contributed by atoms with Gasteiger partial charge < -0.3 is 5.32 Å². The van der Waals surface area contributed by atoms with Crippen molar-refractivity contribution in [2.45, 2.75) is 64.8 Å². The van der Waals surface area contributed by atoms with E-state index in [2.05, 4.69) is 19.2 Å². The molecule has 1 N–H and O–H groups in total. The summed E-state index contributed by atoms with van der Waals surface area (Å²) in [6.45, 7) is 5.28. The van der Waals surface area contributed by atoms with Crippen molar-refractivity contribution >= 4 is 0 Å². The van der Waals surface area contributed by atoms with Crippen molar-refractivity contribution in [1.82, 2.24) is 5.32 Å². The molecule has 0 bridgehead atoms. The lowest BCUT2D eigenvalue weighted by Crippen LogP contribution is -2.31. The fraction of sp³-hybridized carbons (Fsp3) is 0.684.